The van der Waals surface area contributed by atoms with Gasteiger partial charge in [0.05, 0.1) is 0 Å². The van der Waals surface area contributed by atoms with Crippen molar-refractivity contribution in [3.8, 4) is 11.8 Å². The van der Waals surface area contributed by atoms with E-state index in [0.717, 1.165) is 19.3 Å². The second-order valence-electron chi connectivity index (χ2n) is 2.34. The third-order valence-electron chi connectivity index (χ3n) is 1.31. The van der Waals surface area contributed by atoms with Crippen molar-refractivity contribution in [3.63, 3.8) is 0 Å². The predicted octanol–water partition coefficient (Wildman–Crippen LogP) is 1.13. The Kier molecular flexibility index (Phi) is 6.76. The van der Waals surface area contributed by atoms with E-state index in [-0.39, 0.29) is 12.4 Å². The summed E-state index contributed by atoms with van der Waals surface area (Å²) in [4.78, 5) is 10.8. The van der Waals surface area contributed by atoms with Crippen LogP contribution < -0.4 is 0 Å². The van der Waals surface area contributed by atoms with Gasteiger partial charge in [0, 0.05) is 6.42 Å². The Morgan fingerprint density at radius 1 is 1.45 bits per heavy atom. The van der Waals surface area contributed by atoms with E-state index in [2.05, 4.69) is 18.8 Å². The van der Waals surface area contributed by atoms with Crippen molar-refractivity contribution in [1.29, 1.82) is 0 Å². The van der Waals surface area contributed by atoms with Gasteiger partial charge in [-0.3, -0.25) is 4.79 Å². The Labute approximate surface area is 67.6 Å². The van der Waals surface area contributed by atoms with Crippen LogP contribution in [0.25, 0.3) is 0 Å². The summed E-state index contributed by atoms with van der Waals surface area (Å²) >= 11 is 0. The monoisotopic (exact) mass is 154 g/mol. The van der Waals surface area contributed by atoms with Crippen molar-refractivity contribution in [3.05, 3.63) is 0 Å². The molecule has 0 saturated heterocycles. The highest BCUT2D eigenvalue weighted by molar-refractivity contribution is 5.95. The molecule has 0 radical (unpaired) electrons. The van der Waals surface area contributed by atoms with Crippen LogP contribution in [0.15, 0.2) is 0 Å². The number of carbonyl (C=O) groups excluding carboxylic acids is 1. The normalized spacial score (nSPS) is 8.55. The minimum absolute atomic E-state index is 0.0625. The Morgan fingerprint density at radius 3 is 2.73 bits per heavy atom. The second kappa shape index (κ2) is 7.30. The zero-order chi connectivity index (χ0) is 8.53. The molecule has 0 bridgehead atoms. The summed E-state index contributed by atoms with van der Waals surface area (Å²) in [6, 6.07) is 0. The molecule has 0 aromatic rings. The van der Waals surface area contributed by atoms with Gasteiger partial charge in [0.15, 0.2) is 0 Å². The first-order valence-electron chi connectivity index (χ1n) is 3.93. The molecule has 0 heterocycles. The van der Waals surface area contributed by atoms with Crippen LogP contribution in [-0.4, -0.2) is 17.5 Å². The van der Waals surface area contributed by atoms with E-state index in [1.807, 2.05) is 0 Å². The van der Waals surface area contributed by atoms with E-state index in [4.69, 9.17) is 5.11 Å². The van der Waals surface area contributed by atoms with Gasteiger partial charge in [0.1, 0.15) is 6.61 Å². The smallest absolute Gasteiger partial charge is 0.205 e. The van der Waals surface area contributed by atoms with Gasteiger partial charge in [-0.15, -0.1) is 0 Å². The number of Topliss-reactive ketones (excluding diaryl/α,β-unsaturated/α-hetero) is 1. The maximum absolute atomic E-state index is 10.8. The van der Waals surface area contributed by atoms with Crippen molar-refractivity contribution in [2.75, 3.05) is 6.61 Å². The Morgan fingerprint density at radius 2 is 2.18 bits per heavy atom. The van der Waals surface area contributed by atoms with E-state index in [1.165, 1.54) is 0 Å². The van der Waals surface area contributed by atoms with Crippen molar-refractivity contribution in [2.45, 2.75) is 32.6 Å². The molecule has 0 saturated carbocycles. The number of ketones is 1. The van der Waals surface area contributed by atoms with Gasteiger partial charge in [0.25, 0.3) is 0 Å². The molecule has 0 aliphatic rings. The van der Waals surface area contributed by atoms with Crippen molar-refractivity contribution in [1.82, 2.24) is 0 Å². The molecule has 11 heavy (non-hydrogen) atoms. The summed E-state index contributed by atoms with van der Waals surface area (Å²) in [5.74, 6) is 4.62. The van der Waals surface area contributed by atoms with Crippen molar-refractivity contribution < 1.29 is 9.90 Å². The fourth-order valence-corrected chi connectivity index (χ4v) is 0.736. The molecule has 0 aromatic heterocycles. The Hall–Kier alpha value is -0.810. The molecule has 62 valence electrons. The van der Waals surface area contributed by atoms with E-state index < -0.39 is 0 Å². The highest BCUT2D eigenvalue weighted by Gasteiger charge is 1.94. The molecule has 0 aliphatic heterocycles. The molecule has 0 atom stereocenters. The average molecular weight is 154 g/mol. The Balaban J connectivity index is 3.37. The van der Waals surface area contributed by atoms with E-state index >= 15 is 0 Å². The molecule has 0 amide bonds. The third kappa shape index (κ3) is 7.08. The predicted molar refractivity (Wildman–Crippen MR) is 44.0 cm³/mol. The summed E-state index contributed by atoms with van der Waals surface area (Å²) in [7, 11) is 0. The molecule has 2 nitrogen and oxygen atoms in total. The first-order chi connectivity index (χ1) is 5.31. The van der Waals surface area contributed by atoms with Crippen molar-refractivity contribution >= 4 is 5.78 Å². The summed E-state index contributed by atoms with van der Waals surface area (Å²) in [5, 5.41) is 8.26. The molecule has 0 fully saturated rings. The third-order valence-corrected chi connectivity index (χ3v) is 1.31. The molecule has 0 aromatic carbocycles. The second-order valence-corrected chi connectivity index (χ2v) is 2.34. The number of aliphatic hydroxyl groups is 1. The molecule has 0 unspecified atom stereocenters. The lowest BCUT2D eigenvalue weighted by Crippen LogP contribution is -1.93. The number of unbranched alkanes of at least 4 members (excludes halogenated alkanes) is 2. The van der Waals surface area contributed by atoms with Crippen LogP contribution in [0.2, 0.25) is 0 Å². The van der Waals surface area contributed by atoms with Crippen LogP contribution >= 0.6 is 0 Å². The first kappa shape index (κ1) is 10.2. The van der Waals surface area contributed by atoms with Crippen LogP contribution in [-0.2, 0) is 4.79 Å². The fourth-order valence-electron chi connectivity index (χ4n) is 0.736. The SMILES string of the molecule is CCCCCC(=O)C#CCO. The zero-order valence-electron chi connectivity index (χ0n) is 6.89. The quantitative estimate of drug-likeness (QED) is 0.374. The number of aliphatic hydroxyl groups excluding tert-OH is 1. The fraction of sp³-hybridized carbons (Fsp3) is 0.667. The van der Waals surface area contributed by atoms with Gasteiger partial charge in [-0.25, -0.2) is 0 Å². The summed E-state index contributed by atoms with van der Waals surface area (Å²) < 4.78 is 0. The maximum Gasteiger partial charge on any atom is 0.205 e. The Bertz CT molecular complexity index is 162. The van der Waals surface area contributed by atoms with Gasteiger partial charge in [-0.1, -0.05) is 25.7 Å². The molecule has 1 N–H and O–H groups in total. The number of rotatable bonds is 4. The van der Waals surface area contributed by atoms with E-state index in [0.29, 0.717) is 6.42 Å². The molecule has 0 rings (SSSR count). The molecule has 0 aliphatic carbocycles. The topological polar surface area (TPSA) is 37.3 Å². The van der Waals surface area contributed by atoms with Crippen LogP contribution in [0, 0.1) is 11.8 Å². The van der Waals surface area contributed by atoms with Crippen molar-refractivity contribution in [2.24, 2.45) is 0 Å². The molecular formula is C9H14O2. The zero-order valence-corrected chi connectivity index (χ0v) is 6.89. The van der Waals surface area contributed by atoms with Crippen LogP contribution in [0.3, 0.4) is 0 Å². The highest BCUT2D eigenvalue weighted by Crippen LogP contribution is 1.98. The van der Waals surface area contributed by atoms with Crippen LogP contribution in [0.1, 0.15) is 32.6 Å². The number of carbonyl (C=O) groups is 1. The summed E-state index contributed by atoms with van der Waals surface area (Å²) in [6.45, 7) is 1.86. The minimum atomic E-state index is -0.223. The average Bonchev–Trinajstić information content (AvgIpc) is 2.01. The standard InChI is InChI=1S/C9H14O2/c1-2-3-4-6-9(11)7-5-8-10/h10H,2-4,6,8H2,1H3. The molecule has 0 spiro atoms. The van der Waals surface area contributed by atoms with Gasteiger partial charge in [-0.2, -0.15) is 0 Å². The van der Waals surface area contributed by atoms with Crippen LogP contribution in [0.5, 0.6) is 0 Å². The lowest BCUT2D eigenvalue weighted by molar-refractivity contribution is -0.113. The van der Waals surface area contributed by atoms with Gasteiger partial charge in [0.2, 0.25) is 5.78 Å². The van der Waals surface area contributed by atoms with E-state index in [1.54, 1.807) is 0 Å². The highest BCUT2D eigenvalue weighted by atomic mass is 16.2. The van der Waals surface area contributed by atoms with Gasteiger partial charge < -0.3 is 5.11 Å². The summed E-state index contributed by atoms with van der Waals surface area (Å²) in [6.07, 6.45) is 3.63. The number of hydrogen-bond acceptors (Lipinski definition) is 2. The minimum Gasteiger partial charge on any atom is -0.384 e. The number of hydrogen-bond donors (Lipinski definition) is 1. The lowest BCUT2D eigenvalue weighted by Gasteiger charge is -1.90. The van der Waals surface area contributed by atoms with Gasteiger partial charge in [-0.05, 0) is 12.3 Å². The van der Waals surface area contributed by atoms with Crippen LogP contribution in [0.4, 0.5) is 0 Å². The molecular weight excluding hydrogens is 140 g/mol. The molecule has 2 heteroatoms. The van der Waals surface area contributed by atoms with E-state index in [9.17, 15) is 4.79 Å². The van der Waals surface area contributed by atoms with Gasteiger partial charge >= 0.3 is 0 Å². The maximum atomic E-state index is 10.8. The summed E-state index contributed by atoms with van der Waals surface area (Å²) in [5.41, 5.74) is 0. The largest absolute Gasteiger partial charge is 0.384 e. The first-order valence-corrected chi connectivity index (χ1v) is 3.93. The lowest BCUT2D eigenvalue weighted by atomic mass is 10.1.